The molecule has 0 amide bonds. The largest absolute Gasteiger partial charge is 0.455 e. The Bertz CT molecular complexity index is 3280. The molecule has 0 aliphatic carbocycles. The molecule has 0 spiro atoms. The van der Waals surface area contributed by atoms with Gasteiger partial charge in [0.15, 0.2) is 0 Å². The molecule has 0 atom stereocenters. The van der Waals surface area contributed by atoms with Crippen LogP contribution in [-0.2, 0) is 0 Å². The molecule has 0 fully saturated rings. The fraction of sp³-hybridized carbons (Fsp3) is 0. The first-order valence-corrected chi connectivity index (χ1v) is 19.8. The van der Waals surface area contributed by atoms with Crippen molar-refractivity contribution < 1.29 is 4.42 Å². The number of hydrogen-bond donors (Lipinski definition) is 0. The molecule has 0 aliphatic rings. The summed E-state index contributed by atoms with van der Waals surface area (Å²) < 4.78 is 6.96. The second-order valence-electron chi connectivity index (χ2n) is 14.8. The Hall–Kier alpha value is -7.68. The first-order valence-electron chi connectivity index (χ1n) is 19.8. The number of fused-ring (bicyclic) bond motifs is 5. The SMILES string of the molecule is c1ccc(-c2ccc(-c3ccccc3N(c3ccccc3-c3ccc4ccccc4c3)c3ccc(-c4cccc5ccccc45)c4oc5ccccc5c34)cc2)cc1. The quantitative estimate of drug-likeness (QED) is 0.162. The Morgan fingerprint density at radius 1 is 0.293 bits per heavy atom. The maximum absolute atomic E-state index is 6.96. The molecule has 0 saturated heterocycles. The van der Waals surface area contributed by atoms with Crippen molar-refractivity contribution in [3.8, 4) is 44.5 Å². The molecule has 2 heteroatoms. The summed E-state index contributed by atoms with van der Waals surface area (Å²) in [5.74, 6) is 0. The number of benzene rings is 10. The lowest BCUT2D eigenvalue weighted by molar-refractivity contribution is 0.670. The average Bonchev–Trinajstić information content (AvgIpc) is 3.70. The first kappa shape index (κ1) is 33.6. The maximum Gasteiger partial charge on any atom is 0.145 e. The van der Waals surface area contributed by atoms with Crippen molar-refractivity contribution in [3.63, 3.8) is 0 Å². The molecule has 58 heavy (non-hydrogen) atoms. The van der Waals surface area contributed by atoms with Crippen LogP contribution in [0, 0.1) is 0 Å². The van der Waals surface area contributed by atoms with Gasteiger partial charge in [0, 0.05) is 22.1 Å². The Labute approximate surface area is 337 Å². The van der Waals surface area contributed by atoms with E-state index in [9.17, 15) is 0 Å². The van der Waals surface area contributed by atoms with Crippen LogP contribution in [0.1, 0.15) is 0 Å². The van der Waals surface area contributed by atoms with Crippen LogP contribution >= 0.6 is 0 Å². The molecule has 0 N–H and O–H groups in total. The van der Waals surface area contributed by atoms with Crippen molar-refractivity contribution in [1.82, 2.24) is 0 Å². The monoisotopic (exact) mass is 739 g/mol. The van der Waals surface area contributed by atoms with Gasteiger partial charge in [0.1, 0.15) is 11.2 Å². The lowest BCUT2D eigenvalue weighted by Crippen LogP contribution is -2.13. The average molecular weight is 740 g/mol. The number of anilines is 3. The van der Waals surface area contributed by atoms with Gasteiger partial charge in [0.05, 0.1) is 22.4 Å². The van der Waals surface area contributed by atoms with Crippen molar-refractivity contribution in [2.75, 3.05) is 4.90 Å². The van der Waals surface area contributed by atoms with Gasteiger partial charge in [-0.2, -0.15) is 0 Å². The van der Waals surface area contributed by atoms with Gasteiger partial charge in [-0.3, -0.25) is 0 Å². The highest BCUT2D eigenvalue weighted by Gasteiger charge is 2.26. The van der Waals surface area contributed by atoms with E-state index in [1.807, 2.05) is 0 Å². The van der Waals surface area contributed by atoms with E-state index in [2.05, 4.69) is 229 Å². The van der Waals surface area contributed by atoms with E-state index in [1.165, 1.54) is 32.7 Å². The molecule has 11 aromatic rings. The molecule has 0 aliphatic heterocycles. The lowest BCUT2D eigenvalue weighted by Gasteiger charge is -2.31. The van der Waals surface area contributed by atoms with Crippen molar-refractivity contribution in [2.24, 2.45) is 0 Å². The minimum Gasteiger partial charge on any atom is -0.455 e. The van der Waals surface area contributed by atoms with E-state index < -0.39 is 0 Å². The van der Waals surface area contributed by atoms with Gasteiger partial charge in [-0.15, -0.1) is 0 Å². The molecule has 0 radical (unpaired) electrons. The van der Waals surface area contributed by atoms with Crippen LogP contribution in [0.15, 0.2) is 229 Å². The Morgan fingerprint density at radius 2 is 0.845 bits per heavy atom. The number of furan rings is 1. The normalized spacial score (nSPS) is 11.4. The minimum atomic E-state index is 0.860. The summed E-state index contributed by atoms with van der Waals surface area (Å²) in [5.41, 5.74) is 14.1. The summed E-state index contributed by atoms with van der Waals surface area (Å²) in [6, 6.07) is 80.7. The molecular formula is C56H37NO. The van der Waals surface area contributed by atoms with Gasteiger partial charge >= 0.3 is 0 Å². The zero-order valence-electron chi connectivity index (χ0n) is 31.7. The first-order chi connectivity index (χ1) is 28.8. The molecule has 0 unspecified atom stereocenters. The van der Waals surface area contributed by atoms with Crippen molar-refractivity contribution in [2.45, 2.75) is 0 Å². The van der Waals surface area contributed by atoms with E-state index in [-0.39, 0.29) is 0 Å². The highest BCUT2D eigenvalue weighted by atomic mass is 16.3. The third-order valence-electron chi connectivity index (χ3n) is 11.5. The smallest absolute Gasteiger partial charge is 0.145 e. The predicted molar refractivity (Wildman–Crippen MR) is 245 cm³/mol. The highest BCUT2D eigenvalue weighted by Crippen LogP contribution is 2.50. The summed E-state index contributed by atoms with van der Waals surface area (Å²) in [6.07, 6.45) is 0. The fourth-order valence-corrected chi connectivity index (χ4v) is 8.71. The van der Waals surface area contributed by atoms with Crippen LogP contribution in [0.3, 0.4) is 0 Å². The molecule has 2 nitrogen and oxygen atoms in total. The topological polar surface area (TPSA) is 16.4 Å². The lowest BCUT2D eigenvalue weighted by atomic mass is 9.94. The number of hydrogen-bond acceptors (Lipinski definition) is 2. The van der Waals surface area contributed by atoms with E-state index in [1.54, 1.807) is 0 Å². The van der Waals surface area contributed by atoms with Crippen LogP contribution < -0.4 is 4.90 Å². The molecule has 1 aromatic heterocycles. The van der Waals surface area contributed by atoms with Crippen LogP contribution in [0.5, 0.6) is 0 Å². The zero-order valence-corrected chi connectivity index (χ0v) is 31.7. The van der Waals surface area contributed by atoms with Crippen molar-refractivity contribution in [3.05, 3.63) is 224 Å². The third kappa shape index (κ3) is 5.74. The summed E-state index contributed by atoms with van der Waals surface area (Å²) in [5, 5.41) is 6.98. The van der Waals surface area contributed by atoms with Gasteiger partial charge < -0.3 is 9.32 Å². The number of rotatable bonds is 7. The predicted octanol–water partition coefficient (Wildman–Crippen LogP) is 16.0. The Kier molecular flexibility index (Phi) is 8.19. The highest BCUT2D eigenvalue weighted by molar-refractivity contribution is 6.19. The van der Waals surface area contributed by atoms with Crippen LogP contribution in [-0.4, -0.2) is 0 Å². The number of nitrogens with zero attached hydrogens (tertiary/aromatic N) is 1. The van der Waals surface area contributed by atoms with Crippen molar-refractivity contribution >= 4 is 60.5 Å². The van der Waals surface area contributed by atoms with Gasteiger partial charge in [-0.25, -0.2) is 0 Å². The van der Waals surface area contributed by atoms with Gasteiger partial charge in [-0.05, 0) is 85.8 Å². The van der Waals surface area contributed by atoms with Gasteiger partial charge in [0.25, 0.3) is 0 Å². The molecule has 0 bridgehead atoms. The summed E-state index contributed by atoms with van der Waals surface area (Å²) in [4.78, 5) is 2.46. The van der Waals surface area contributed by atoms with E-state index in [4.69, 9.17) is 4.42 Å². The Balaban J connectivity index is 1.19. The van der Waals surface area contributed by atoms with Gasteiger partial charge in [-0.1, -0.05) is 188 Å². The standard InChI is InChI=1S/C56H37NO/c1-2-15-38(16-3-1)40-29-32-42(33-30-40)46-22-8-11-26-51(46)57(52-27-12-9-23-47(52)44-34-31-39-17-4-5-19-43(39)37-44)53-36-35-49(48-25-14-20-41-18-6-7-21-45(41)48)56-55(53)50-24-10-13-28-54(50)58-56/h1-37H. The third-order valence-corrected chi connectivity index (χ3v) is 11.5. The van der Waals surface area contributed by atoms with Crippen molar-refractivity contribution in [1.29, 1.82) is 0 Å². The van der Waals surface area contributed by atoms with Crippen LogP contribution in [0.4, 0.5) is 17.1 Å². The second-order valence-corrected chi connectivity index (χ2v) is 14.8. The summed E-state index contributed by atoms with van der Waals surface area (Å²) >= 11 is 0. The fourth-order valence-electron chi connectivity index (χ4n) is 8.71. The molecule has 0 saturated carbocycles. The van der Waals surface area contributed by atoms with E-state index in [0.29, 0.717) is 0 Å². The molecule has 1 heterocycles. The van der Waals surface area contributed by atoms with E-state index in [0.717, 1.165) is 72.4 Å². The van der Waals surface area contributed by atoms with Gasteiger partial charge in [0.2, 0.25) is 0 Å². The summed E-state index contributed by atoms with van der Waals surface area (Å²) in [7, 11) is 0. The molecule has 11 rings (SSSR count). The summed E-state index contributed by atoms with van der Waals surface area (Å²) in [6.45, 7) is 0. The number of para-hydroxylation sites is 3. The van der Waals surface area contributed by atoms with E-state index >= 15 is 0 Å². The second kappa shape index (κ2) is 14.1. The van der Waals surface area contributed by atoms with Crippen LogP contribution in [0.25, 0.3) is 88.0 Å². The molecule has 272 valence electrons. The Morgan fingerprint density at radius 3 is 1.64 bits per heavy atom. The maximum atomic E-state index is 6.96. The minimum absolute atomic E-state index is 0.860. The molecule has 10 aromatic carbocycles. The van der Waals surface area contributed by atoms with Crippen LogP contribution in [0.2, 0.25) is 0 Å². The molecular weight excluding hydrogens is 703 g/mol. The zero-order chi connectivity index (χ0) is 38.4.